The van der Waals surface area contributed by atoms with Gasteiger partial charge in [-0.2, -0.15) is 5.10 Å². The summed E-state index contributed by atoms with van der Waals surface area (Å²) in [6, 6.07) is 12.7. The first kappa shape index (κ1) is 13.8. The molecule has 0 fully saturated rings. The average Bonchev–Trinajstić information content (AvgIpc) is 2.55. The standard InChI is InChI=1S/C16H11FN4O/c17-12-7-5-11(6-8-12)16(22)21-19-10-13-9-18-14-3-1-2-4-15(14)20-13/h1-10H,(H,21,22)/b19-10+. The molecular formula is C16H11FN4O. The highest BCUT2D eigenvalue weighted by Crippen LogP contribution is 2.07. The van der Waals surface area contributed by atoms with Gasteiger partial charge >= 0.3 is 0 Å². The van der Waals surface area contributed by atoms with Crippen molar-refractivity contribution in [2.75, 3.05) is 0 Å². The first-order chi connectivity index (χ1) is 10.7. The van der Waals surface area contributed by atoms with E-state index in [1.165, 1.54) is 30.5 Å². The van der Waals surface area contributed by atoms with Crippen LogP contribution in [0, 0.1) is 5.82 Å². The van der Waals surface area contributed by atoms with Crippen LogP contribution in [0.15, 0.2) is 59.8 Å². The topological polar surface area (TPSA) is 67.2 Å². The molecule has 108 valence electrons. The number of halogens is 1. The lowest BCUT2D eigenvalue weighted by Crippen LogP contribution is -2.17. The van der Waals surface area contributed by atoms with E-state index in [9.17, 15) is 9.18 Å². The van der Waals surface area contributed by atoms with E-state index in [1.807, 2.05) is 24.3 Å². The number of rotatable bonds is 3. The molecule has 5 nitrogen and oxygen atoms in total. The Hall–Kier alpha value is -3.15. The van der Waals surface area contributed by atoms with Crippen LogP contribution in [0.5, 0.6) is 0 Å². The molecule has 3 rings (SSSR count). The van der Waals surface area contributed by atoms with Crippen molar-refractivity contribution >= 4 is 23.2 Å². The lowest BCUT2D eigenvalue weighted by Gasteiger charge is -2.00. The maximum atomic E-state index is 12.8. The number of carbonyl (C=O) groups excluding carboxylic acids is 1. The summed E-state index contributed by atoms with van der Waals surface area (Å²) in [5, 5.41) is 3.83. The molecule has 0 spiro atoms. The van der Waals surface area contributed by atoms with E-state index in [0.717, 1.165) is 11.0 Å². The third-order valence-corrected chi connectivity index (χ3v) is 2.94. The fraction of sp³-hybridized carbons (Fsp3) is 0. The van der Waals surface area contributed by atoms with Gasteiger partial charge in [0, 0.05) is 5.56 Å². The molecule has 2 aromatic carbocycles. The predicted octanol–water partition coefficient (Wildman–Crippen LogP) is 2.53. The summed E-state index contributed by atoms with van der Waals surface area (Å²) in [6.07, 6.45) is 2.97. The molecule has 0 aliphatic rings. The van der Waals surface area contributed by atoms with Crippen LogP contribution in [0.2, 0.25) is 0 Å². The number of nitrogens with zero attached hydrogens (tertiary/aromatic N) is 3. The highest BCUT2D eigenvalue weighted by Gasteiger charge is 2.03. The molecule has 0 saturated carbocycles. The van der Waals surface area contributed by atoms with Gasteiger partial charge in [-0.05, 0) is 36.4 Å². The number of carbonyl (C=O) groups is 1. The molecule has 0 bridgehead atoms. The Morgan fingerprint density at radius 1 is 1.09 bits per heavy atom. The van der Waals surface area contributed by atoms with Gasteiger partial charge in [0.15, 0.2) is 0 Å². The number of nitrogens with one attached hydrogen (secondary N) is 1. The van der Waals surface area contributed by atoms with E-state index in [0.29, 0.717) is 11.3 Å². The lowest BCUT2D eigenvalue weighted by molar-refractivity contribution is 0.0955. The van der Waals surface area contributed by atoms with Crippen LogP contribution >= 0.6 is 0 Å². The Balaban J connectivity index is 1.70. The lowest BCUT2D eigenvalue weighted by atomic mass is 10.2. The van der Waals surface area contributed by atoms with Crippen LogP contribution in [0.3, 0.4) is 0 Å². The van der Waals surface area contributed by atoms with Crippen molar-refractivity contribution in [3.8, 4) is 0 Å². The van der Waals surface area contributed by atoms with Crippen molar-refractivity contribution < 1.29 is 9.18 Å². The molecule has 1 heterocycles. The molecule has 1 amide bonds. The molecule has 1 aromatic heterocycles. The number of hydrogen-bond acceptors (Lipinski definition) is 4. The Morgan fingerprint density at radius 2 is 1.82 bits per heavy atom. The van der Waals surface area contributed by atoms with Gasteiger partial charge in [-0.3, -0.25) is 9.78 Å². The summed E-state index contributed by atoms with van der Waals surface area (Å²) >= 11 is 0. The maximum Gasteiger partial charge on any atom is 0.271 e. The highest BCUT2D eigenvalue weighted by molar-refractivity contribution is 5.94. The van der Waals surface area contributed by atoms with Crippen LogP contribution in [-0.2, 0) is 0 Å². The second-order valence-electron chi connectivity index (χ2n) is 4.49. The van der Waals surface area contributed by atoms with Gasteiger partial charge in [0.1, 0.15) is 11.5 Å². The van der Waals surface area contributed by atoms with Crippen molar-refractivity contribution in [2.24, 2.45) is 5.10 Å². The van der Waals surface area contributed by atoms with Crippen LogP contribution in [0.1, 0.15) is 16.1 Å². The fourth-order valence-corrected chi connectivity index (χ4v) is 1.86. The van der Waals surface area contributed by atoms with Gasteiger partial charge in [0.25, 0.3) is 5.91 Å². The van der Waals surface area contributed by atoms with E-state index in [1.54, 1.807) is 6.20 Å². The molecule has 0 unspecified atom stereocenters. The quantitative estimate of drug-likeness (QED) is 0.596. The van der Waals surface area contributed by atoms with E-state index < -0.39 is 11.7 Å². The van der Waals surface area contributed by atoms with Gasteiger partial charge in [-0.15, -0.1) is 0 Å². The summed E-state index contributed by atoms with van der Waals surface area (Å²) in [7, 11) is 0. The third kappa shape index (κ3) is 3.12. The number of aromatic nitrogens is 2. The molecule has 22 heavy (non-hydrogen) atoms. The number of amides is 1. The Labute approximate surface area is 125 Å². The smallest absolute Gasteiger partial charge is 0.267 e. The molecule has 1 N–H and O–H groups in total. The highest BCUT2D eigenvalue weighted by atomic mass is 19.1. The molecule has 0 radical (unpaired) electrons. The zero-order valence-corrected chi connectivity index (χ0v) is 11.4. The molecule has 0 aliphatic heterocycles. The van der Waals surface area contributed by atoms with Gasteiger partial charge in [0.2, 0.25) is 0 Å². The molecule has 3 aromatic rings. The van der Waals surface area contributed by atoms with E-state index in [-0.39, 0.29) is 0 Å². The van der Waals surface area contributed by atoms with Crippen molar-refractivity contribution in [3.63, 3.8) is 0 Å². The van der Waals surface area contributed by atoms with Crippen LogP contribution in [0.4, 0.5) is 4.39 Å². The first-order valence-corrected chi connectivity index (χ1v) is 6.53. The minimum atomic E-state index is -0.426. The average molecular weight is 294 g/mol. The summed E-state index contributed by atoms with van der Waals surface area (Å²) in [6.45, 7) is 0. The number of para-hydroxylation sites is 2. The monoisotopic (exact) mass is 294 g/mol. The predicted molar refractivity (Wildman–Crippen MR) is 81.0 cm³/mol. The van der Waals surface area contributed by atoms with Crippen LogP contribution in [0.25, 0.3) is 11.0 Å². The maximum absolute atomic E-state index is 12.8. The molecule has 0 saturated heterocycles. The number of hydrogen-bond donors (Lipinski definition) is 1. The van der Waals surface area contributed by atoms with Crippen molar-refractivity contribution in [3.05, 3.63) is 71.8 Å². The van der Waals surface area contributed by atoms with Crippen molar-refractivity contribution in [1.82, 2.24) is 15.4 Å². The zero-order valence-electron chi connectivity index (χ0n) is 11.4. The van der Waals surface area contributed by atoms with Crippen LogP contribution < -0.4 is 5.43 Å². The first-order valence-electron chi connectivity index (χ1n) is 6.53. The minimum Gasteiger partial charge on any atom is -0.267 e. The largest absolute Gasteiger partial charge is 0.271 e. The second-order valence-corrected chi connectivity index (χ2v) is 4.49. The van der Waals surface area contributed by atoms with Crippen molar-refractivity contribution in [1.29, 1.82) is 0 Å². The SMILES string of the molecule is O=C(N/N=C/c1cnc2ccccc2n1)c1ccc(F)cc1. The molecule has 6 heteroatoms. The Morgan fingerprint density at radius 3 is 2.59 bits per heavy atom. The van der Waals surface area contributed by atoms with Gasteiger partial charge < -0.3 is 0 Å². The molecule has 0 aliphatic carbocycles. The summed E-state index contributed by atoms with van der Waals surface area (Å²) in [5.41, 5.74) is 4.74. The summed E-state index contributed by atoms with van der Waals surface area (Å²) in [5.74, 6) is -0.823. The van der Waals surface area contributed by atoms with Crippen molar-refractivity contribution in [2.45, 2.75) is 0 Å². The van der Waals surface area contributed by atoms with Gasteiger partial charge in [-0.1, -0.05) is 12.1 Å². The summed E-state index contributed by atoms with van der Waals surface area (Å²) < 4.78 is 12.8. The van der Waals surface area contributed by atoms with Crippen LogP contribution in [-0.4, -0.2) is 22.1 Å². The van der Waals surface area contributed by atoms with E-state index >= 15 is 0 Å². The van der Waals surface area contributed by atoms with E-state index in [2.05, 4.69) is 20.5 Å². The number of benzene rings is 2. The number of fused-ring (bicyclic) bond motifs is 1. The van der Waals surface area contributed by atoms with Gasteiger partial charge in [-0.25, -0.2) is 14.8 Å². The summed E-state index contributed by atoms with van der Waals surface area (Å²) in [4.78, 5) is 20.4. The van der Waals surface area contributed by atoms with E-state index in [4.69, 9.17) is 0 Å². The molecule has 0 atom stereocenters. The molecular weight excluding hydrogens is 283 g/mol. The zero-order chi connectivity index (χ0) is 15.4. The Kier molecular flexibility index (Phi) is 3.82. The second kappa shape index (κ2) is 6.09. The van der Waals surface area contributed by atoms with Gasteiger partial charge in [0.05, 0.1) is 23.4 Å². The fourth-order valence-electron chi connectivity index (χ4n) is 1.86. The third-order valence-electron chi connectivity index (χ3n) is 2.94. The normalized spacial score (nSPS) is 11.0. The number of hydrazone groups is 1. The Bertz CT molecular complexity index is 846. The minimum absolute atomic E-state index is 0.322.